The molecular formula is C15H13Zr. The van der Waals surface area contributed by atoms with E-state index in [9.17, 15) is 0 Å². The first-order valence-electron chi connectivity index (χ1n) is 5.65. The molecule has 2 aromatic rings. The molecule has 2 aromatic carbocycles. The molecule has 1 atom stereocenters. The van der Waals surface area contributed by atoms with Crippen molar-refractivity contribution >= 4 is 16.8 Å². The number of rotatable bonds is 1. The van der Waals surface area contributed by atoms with Gasteiger partial charge >= 0.3 is 112 Å². The Morgan fingerprint density at radius 1 is 1.12 bits per heavy atom. The number of hydrogen-bond donors (Lipinski definition) is 0. The molecule has 0 bridgehead atoms. The molecule has 1 aliphatic rings. The van der Waals surface area contributed by atoms with Crippen molar-refractivity contribution in [2.24, 2.45) is 0 Å². The Hall–Kier alpha value is -0.677. The van der Waals surface area contributed by atoms with Crippen LogP contribution < -0.4 is 0 Å². The molecule has 0 nitrogen and oxygen atoms in total. The van der Waals surface area contributed by atoms with Crippen LogP contribution in [0.3, 0.4) is 0 Å². The summed E-state index contributed by atoms with van der Waals surface area (Å²) in [6.07, 6.45) is 2.36. The molecule has 0 saturated heterocycles. The third-order valence-electron chi connectivity index (χ3n) is 3.49. The normalized spacial score (nSPS) is 18.5. The molecule has 1 heteroatoms. The zero-order chi connectivity index (χ0) is 11.1. The van der Waals surface area contributed by atoms with Gasteiger partial charge in [0.1, 0.15) is 0 Å². The first-order valence-corrected chi connectivity index (χ1v) is 7.39. The Morgan fingerprint density at radius 2 is 1.94 bits per heavy atom. The predicted octanol–water partition coefficient (Wildman–Crippen LogP) is 4.31. The number of allylic oxidation sites excluding steroid dienone is 1. The summed E-state index contributed by atoms with van der Waals surface area (Å²) in [5.41, 5.74) is 4.53. The van der Waals surface area contributed by atoms with Crippen LogP contribution in [0, 0.1) is 0 Å². The Kier molecular flexibility index (Phi) is 2.60. The zero-order valence-electron chi connectivity index (χ0n) is 9.33. The van der Waals surface area contributed by atoms with Crippen molar-refractivity contribution in [3.63, 3.8) is 0 Å². The molecule has 0 aromatic heterocycles. The average molecular weight is 284 g/mol. The van der Waals surface area contributed by atoms with Crippen LogP contribution >= 0.6 is 0 Å². The summed E-state index contributed by atoms with van der Waals surface area (Å²) in [5, 5.41) is 2.82. The van der Waals surface area contributed by atoms with E-state index < -0.39 is 0 Å². The quantitative estimate of drug-likeness (QED) is 0.732. The van der Waals surface area contributed by atoms with Crippen LogP contribution in [0.5, 0.6) is 0 Å². The van der Waals surface area contributed by atoms with Crippen LogP contribution in [-0.4, -0.2) is 0 Å². The van der Waals surface area contributed by atoms with E-state index >= 15 is 0 Å². The van der Waals surface area contributed by atoms with Gasteiger partial charge in [-0.25, -0.2) is 0 Å². The zero-order valence-corrected chi connectivity index (χ0v) is 11.8. The van der Waals surface area contributed by atoms with Gasteiger partial charge in [-0.05, 0) is 0 Å². The summed E-state index contributed by atoms with van der Waals surface area (Å²) in [6.45, 7) is 2.27. The maximum absolute atomic E-state index is 2.36. The van der Waals surface area contributed by atoms with Crippen LogP contribution in [0.4, 0.5) is 0 Å². The fourth-order valence-corrected chi connectivity index (χ4v) is 3.96. The van der Waals surface area contributed by atoms with E-state index in [1.165, 1.54) is 26.0 Å². The van der Waals surface area contributed by atoms with Crippen LogP contribution in [0.15, 0.2) is 42.0 Å². The van der Waals surface area contributed by atoms with Gasteiger partial charge in [0.05, 0.1) is 0 Å². The third-order valence-corrected chi connectivity index (χ3v) is 4.49. The SMILES string of the molecule is CC1=Cc2ccc3ccccc3c2C1[CH2][Zr]. The summed E-state index contributed by atoms with van der Waals surface area (Å²) in [7, 11) is 0. The van der Waals surface area contributed by atoms with Gasteiger partial charge < -0.3 is 0 Å². The van der Waals surface area contributed by atoms with Crippen LogP contribution in [0.1, 0.15) is 24.0 Å². The molecule has 0 spiro atoms. The second-order valence-electron chi connectivity index (χ2n) is 4.43. The summed E-state index contributed by atoms with van der Waals surface area (Å²) in [6, 6.07) is 13.3. The second kappa shape index (κ2) is 3.96. The molecule has 3 rings (SSSR count). The predicted molar refractivity (Wildman–Crippen MR) is 65.1 cm³/mol. The van der Waals surface area contributed by atoms with Crippen molar-refractivity contribution in [2.75, 3.05) is 0 Å². The second-order valence-corrected chi connectivity index (χ2v) is 5.44. The van der Waals surface area contributed by atoms with Crippen molar-refractivity contribution in [2.45, 2.75) is 17.0 Å². The first-order chi connectivity index (χ1) is 7.81. The number of hydrogen-bond acceptors (Lipinski definition) is 0. The standard InChI is InChI=1S/C15H13.Zr/c1-10-9-13-8-7-12-5-3-4-6-14(12)15(13)11(10)2;/h3-9,11H,2H2,1H3;. The minimum absolute atomic E-state index is 0.666. The van der Waals surface area contributed by atoms with E-state index in [1.807, 2.05) is 0 Å². The molecule has 0 aliphatic heterocycles. The van der Waals surface area contributed by atoms with Gasteiger partial charge in [-0.2, -0.15) is 0 Å². The van der Waals surface area contributed by atoms with E-state index in [0.717, 1.165) is 0 Å². The molecule has 0 heterocycles. The summed E-state index contributed by atoms with van der Waals surface area (Å²) in [4.78, 5) is 0. The fraction of sp³-hybridized carbons (Fsp3) is 0.200. The molecule has 0 saturated carbocycles. The molecule has 0 fully saturated rings. The topological polar surface area (TPSA) is 0 Å². The van der Waals surface area contributed by atoms with Crippen LogP contribution in [-0.2, 0) is 24.7 Å². The van der Waals surface area contributed by atoms with E-state index in [2.05, 4.69) is 49.4 Å². The van der Waals surface area contributed by atoms with Gasteiger partial charge in [0.25, 0.3) is 0 Å². The van der Waals surface area contributed by atoms with Crippen molar-refractivity contribution < 1.29 is 24.7 Å². The van der Waals surface area contributed by atoms with Gasteiger partial charge in [0, 0.05) is 0 Å². The molecule has 77 valence electrons. The molecule has 0 radical (unpaired) electrons. The van der Waals surface area contributed by atoms with Gasteiger partial charge in [0.15, 0.2) is 0 Å². The minimum atomic E-state index is 0.666. The molecular weight excluding hydrogens is 271 g/mol. The van der Waals surface area contributed by atoms with E-state index in [4.69, 9.17) is 0 Å². The van der Waals surface area contributed by atoms with E-state index in [0.29, 0.717) is 5.92 Å². The Balaban J connectivity index is 2.34. The van der Waals surface area contributed by atoms with Crippen molar-refractivity contribution in [1.82, 2.24) is 0 Å². The maximum atomic E-state index is 2.36. The monoisotopic (exact) mass is 283 g/mol. The first kappa shape index (κ1) is 10.5. The molecule has 16 heavy (non-hydrogen) atoms. The number of fused-ring (bicyclic) bond motifs is 3. The Bertz CT molecular complexity index is 581. The van der Waals surface area contributed by atoms with Crippen molar-refractivity contribution in [3.8, 4) is 0 Å². The van der Waals surface area contributed by atoms with Gasteiger partial charge in [-0.1, -0.05) is 0 Å². The van der Waals surface area contributed by atoms with E-state index in [1.54, 1.807) is 30.3 Å². The van der Waals surface area contributed by atoms with Crippen LogP contribution in [0.25, 0.3) is 16.8 Å². The number of benzene rings is 2. The summed E-state index contributed by atoms with van der Waals surface area (Å²) in [5.74, 6) is 0.666. The van der Waals surface area contributed by atoms with Crippen molar-refractivity contribution in [1.29, 1.82) is 0 Å². The van der Waals surface area contributed by atoms with Gasteiger partial charge in [0.2, 0.25) is 0 Å². The molecule has 1 unspecified atom stereocenters. The summed E-state index contributed by atoms with van der Waals surface area (Å²) < 4.78 is 1.29. The van der Waals surface area contributed by atoms with Crippen molar-refractivity contribution in [3.05, 3.63) is 53.1 Å². The summed E-state index contributed by atoms with van der Waals surface area (Å²) >= 11 is 1.63. The van der Waals surface area contributed by atoms with Gasteiger partial charge in [-0.3, -0.25) is 0 Å². The average Bonchev–Trinajstić information content (AvgIpc) is 2.65. The molecule has 0 N–H and O–H groups in total. The van der Waals surface area contributed by atoms with Crippen LogP contribution in [0.2, 0.25) is 4.13 Å². The molecule has 0 amide bonds. The third kappa shape index (κ3) is 1.45. The fourth-order valence-electron chi connectivity index (χ4n) is 2.66. The Labute approximate surface area is 111 Å². The Morgan fingerprint density at radius 3 is 2.75 bits per heavy atom. The van der Waals surface area contributed by atoms with E-state index in [-0.39, 0.29) is 0 Å². The molecule has 1 aliphatic carbocycles. The van der Waals surface area contributed by atoms with Gasteiger partial charge in [-0.15, -0.1) is 0 Å².